The number of aromatic nitrogens is 2. The molecule has 0 atom stereocenters. The lowest BCUT2D eigenvalue weighted by atomic mass is 10.2. The number of benzene rings is 1. The molecule has 1 heterocycles. The number of imidazole rings is 1. The third-order valence-electron chi connectivity index (χ3n) is 3.69. The highest BCUT2D eigenvalue weighted by Crippen LogP contribution is 2.23. The van der Waals surface area contributed by atoms with Gasteiger partial charge in [-0.15, -0.1) is 0 Å². The van der Waals surface area contributed by atoms with Crippen LogP contribution in [0.3, 0.4) is 0 Å². The molecule has 1 N–H and O–H groups in total. The van der Waals surface area contributed by atoms with E-state index in [1.54, 1.807) is 18.3 Å². The minimum Gasteiger partial charge on any atom is -0.491 e. The maximum atomic E-state index is 13.4. The number of hydrogen-bond donors (Lipinski definition) is 1. The van der Waals surface area contributed by atoms with E-state index in [1.807, 2.05) is 17.7 Å². The normalized spacial score (nSPS) is 14.4. The zero-order valence-electron chi connectivity index (χ0n) is 12.2. The van der Waals surface area contributed by atoms with E-state index in [0.717, 1.165) is 23.7 Å². The number of aryl methyl sites for hydroxylation is 1. The lowest BCUT2D eigenvalue weighted by molar-refractivity contribution is 0.293. The molecule has 5 heteroatoms. The average molecular weight is 289 g/mol. The fraction of sp³-hybridized carbons (Fsp3) is 0.438. The molecule has 1 aliphatic carbocycles. The van der Waals surface area contributed by atoms with E-state index in [2.05, 4.69) is 10.3 Å². The SMILES string of the molecule is Cc1nccn1CCOc1ccc(F)cc1CNC1CC1. The summed E-state index contributed by atoms with van der Waals surface area (Å²) in [5, 5.41) is 3.39. The Labute approximate surface area is 124 Å². The maximum Gasteiger partial charge on any atom is 0.124 e. The fourth-order valence-corrected chi connectivity index (χ4v) is 2.26. The Kier molecular flexibility index (Phi) is 4.20. The van der Waals surface area contributed by atoms with Gasteiger partial charge >= 0.3 is 0 Å². The van der Waals surface area contributed by atoms with E-state index in [0.29, 0.717) is 19.2 Å². The summed E-state index contributed by atoms with van der Waals surface area (Å²) in [4.78, 5) is 4.18. The number of hydrogen-bond acceptors (Lipinski definition) is 3. The topological polar surface area (TPSA) is 39.1 Å². The Morgan fingerprint density at radius 3 is 3.00 bits per heavy atom. The summed E-state index contributed by atoms with van der Waals surface area (Å²) < 4.78 is 21.2. The summed E-state index contributed by atoms with van der Waals surface area (Å²) in [6.07, 6.45) is 6.13. The molecule has 1 aromatic heterocycles. The van der Waals surface area contributed by atoms with Gasteiger partial charge in [-0.3, -0.25) is 0 Å². The van der Waals surface area contributed by atoms with Gasteiger partial charge in [0.1, 0.15) is 24.0 Å². The van der Waals surface area contributed by atoms with Gasteiger partial charge in [-0.25, -0.2) is 9.37 Å². The minimum atomic E-state index is -0.222. The van der Waals surface area contributed by atoms with Crippen LogP contribution in [0.1, 0.15) is 24.2 Å². The van der Waals surface area contributed by atoms with E-state index in [-0.39, 0.29) is 5.82 Å². The molecule has 3 rings (SSSR count). The van der Waals surface area contributed by atoms with Crippen LogP contribution in [0, 0.1) is 12.7 Å². The molecule has 0 amide bonds. The lowest BCUT2D eigenvalue weighted by Crippen LogP contribution is -2.17. The quantitative estimate of drug-likeness (QED) is 0.851. The maximum absolute atomic E-state index is 13.4. The van der Waals surface area contributed by atoms with Gasteiger partial charge in [-0.05, 0) is 38.0 Å². The van der Waals surface area contributed by atoms with Crippen LogP contribution in [0.25, 0.3) is 0 Å². The van der Waals surface area contributed by atoms with Crippen LogP contribution in [0.4, 0.5) is 4.39 Å². The van der Waals surface area contributed by atoms with E-state index in [9.17, 15) is 4.39 Å². The summed E-state index contributed by atoms with van der Waals surface area (Å²) >= 11 is 0. The van der Waals surface area contributed by atoms with Gasteiger partial charge < -0.3 is 14.6 Å². The standard InChI is InChI=1S/C16H20FN3O/c1-12-18-6-7-20(12)8-9-21-16-5-2-14(17)10-13(16)11-19-15-3-4-15/h2,5-7,10,15,19H,3-4,8-9,11H2,1H3. The van der Waals surface area contributed by atoms with Gasteiger partial charge in [0.2, 0.25) is 0 Å². The first-order valence-electron chi connectivity index (χ1n) is 7.35. The average Bonchev–Trinajstić information content (AvgIpc) is 3.21. The molecule has 0 spiro atoms. The molecule has 0 bridgehead atoms. The first kappa shape index (κ1) is 14.1. The van der Waals surface area contributed by atoms with Crippen LogP contribution in [0.15, 0.2) is 30.6 Å². The van der Waals surface area contributed by atoms with Crippen molar-refractivity contribution in [2.45, 2.75) is 38.9 Å². The van der Waals surface area contributed by atoms with Crippen LogP contribution in [-0.2, 0) is 13.1 Å². The van der Waals surface area contributed by atoms with Crippen molar-refractivity contribution >= 4 is 0 Å². The lowest BCUT2D eigenvalue weighted by Gasteiger charge is -2.13. The van der Waals surface area contributed by atoms with Crippen molar-refractivity contribution in [1.82, 2.24) is 14.9 Å². The summed E-state index contributed by atoms with van der Waals surface area (Å²) in [6, 6.07) is 5.29. The Hall–Kier alpha value is -1.88. The third kappa shape index (κ3) is 3.82. The second-order valence-electron chi connectivity index (χ2n) is 5.42. The monoisotopic (exact) mass is 289 g/mol. The van der Waals surface area contributed by atoms with Crippen LogP contribution >= 0.6 is 0 Å². The molecule has 4 nitrogen and oxygen atoms in total. The van der Waals surface area contributed by atoms with Crippen molar-refractivity contribution in [1.29, 1.82) is 0 Å². The molecule has 0 radical (unpaired) electrons. The summed E-state index contributed by atoms with van der Waals surface area (Å²) in [6.45, 7) is 3.89. The molecular weight excluding hydrogens is 269 g/mol. The van der Waals surface area contributed by atoms with Gasteiger partial charge in [0.15, 0.2) is 0 Å². The van der Waals surface area contributed by atoms with E-state index in [4.69, 9.17) is 4.74 Å². The summed E-state index contributed by atoms with van der Waals surface area (Å²) in [7, 11) is 0. The van der Waals surface area contributed by atoms with Gasteiger partial charge in [-0.2, -0.15) is 0 Å². The van der Waals surface area contributed by atoms with Crippen molar-refractivity contribution in [2.24, 2.45) is 0 Å². The number of nitrogens with zero attached hydrogens (tertiary/aromatic N) is 2. The van der Waals surface area contributed by atoms with E-state index < -0.39 is 0 Å². The largest absolute Gasteiger partial charge is 0.491 e. The number of ether oxygens (including phenoxy) is 1. The Morgan fingerprint density at radius 2 is 2.29 bits per heavy atom. The van der Waals surface area contributed by atoms with Gasteiger partial charge in [-0.1, -0.05) is 0 Å². The van der Waals surface area contributed by atoms with Crippen LogP contribution in [0.2, 0.25) is 0 Å². The molecule has 0 saturated heterocycles. The number of rotatable bonds is 7. The van der Waals surface area contributed by atoms with Crippen LogP contribution in [0.5, 0.6) is 5.75 Å². The highest BCUT2D eigenvalue weighted by Gasteiger charge is 2.20. The van der Waals surface area contributed by atoms with Crippen molar-refractivity contribution < 1.29 is 9.13 Å². The molecule has 112 valence electrons. The van der Waals surface area contributed by atoms with Crippen molar-refractivity contribution in [3.05, 3.63) is 47.8 Å². The van der Waals surface area contributed by atoms with Gasteiger partial charge in [0.25, 0.3) is 0 Å². The first-order chi connectivity index (χ1) is 10.2. The molecule has 1 fully saturated rings. The van der Waals surface area contributed by atoms with Crippen molar-refractivity contribution in [3.8, 4) is 5.75 Å². The highest BCUT2D eigenvalue weighted by molar-refractivity contribution is 5.34. The molecule has 1 aromatic carbocycles. The first-order valence-corrected chi connectivity index (χ1v) is 7.35. The predicted molar refractivity (Wildman–Crippen MR) is 78.7 cm³/mol. The minimum absolute atomic E-state index is 0.222. The Balaban J connectivity index is 1.59. The Morgan fingerprint density at radius 1 is 1.43 bits per heavy atom. The zero-order valence-corrected chi connectivity index (χ0v) is 12.2. The molecule has 0 unspecified atom stereocenters. The molecule has 1 saturated carbocycles. The molecule has 2 aromatic rings. The van der Waals surface area contributed by atoms with Crippen LogP contribution in [-0.4, -0.2) is 22.2 Å². The number of nitrogens with one attached hydrogen (secondary N) is 1. The second-order valence-corrected chi connectivity index (χ2v) is 5.42. The summed E-state index contributed by atoms with van der Waals surface area (Å²) in [5.74, 6) is 1.50. The molecule has 21 heavy (non-hydrogen) atoms. The highest BCUT2D eigenvalue weighted by atomic mass is 19.1. The predicted octanol–water partition coefficient (Wildman–Crippen LogP) is 2.66. The second kappa shape index (κ2) is 6.26. The third-order valence-corrected chi connectivity index (χ3v) is 3.69. The van der Waals surface area contributed by atoms with Crippen LogP contribution < -0.4 is 10.1 Å². The molecule has 0 aliphatic heterocycles. The zero-order chi connectivity index (χ0) is 14.7. The molecule has 1 aliphatic rings. The molecular formula is C16H20FN3O. The Bertz CT molecular complexity index is 607. The van der Waals surface area contributed by atoms with E-state index in [1.165, 1.54) is 18.9 Å². The number of halogens is 1. The van der Waals surface area contributed by atoms with Crippen molar-refractivity contribution in [3.63, 3.8) is 0 Å². The van der Waals surface area contributed by atoms with E-state index >= 15 is 0 Å². The smallest absolute Gasteiger partial charge is 0.124 e. The summed E-state index contributed by atoms with van der Waals surface area (Å²) in [5.41, 5.74) is 0.879. The van der Waals surface area contributed by atoms with Crippen molar-refractivity contribution in [2.75, 3.05) is 6.61 Å². The van der Waals surface area contributed by atoms with Gasteiger partial charge in [0.05, 0.1) is 6.54 Å². The fourth-order valence-electron chi connectivity index (χ4n) is 2.26. The van der Waals surface area contributed by atoms with Gasteiger partial charge in [0, 0.05) is 30.5 Å².